The van der Waals surface area contributed by atoms with E-state index in [0.717, 1.165) is 0 Å². The van der Waals surface area contributed by atoms with Crippen molar-refractivity contribution in [1.82, 2.24) is 0 Å². The largest absolute Gasteiger partial charge is 0.473 e. The average molecular weight is 412 g/mol. The minimum absolute atomic E-state index is 0.0846. The zero-order chi connectivity index (χ0) is 21.0. The molecular formula is C14H21O12P. The second-order valence-corrected chi connectivity index (χ2v) is 6.57. The SMILES string of the molecule is C=C(C)C(=O)OCOC(=O)COP(=O)(O)OCC(=O)OCOC(=O)C(C)C. The van der Waals surface area contributed by atoms with Gasteiger partial charge in [-0.3, -0.25) is 13.8 Å². The Balaban J connectivity index is 4.02. The molecule has 0 rings (SSSR count). The smallest absolute Gasteiger partial charge is 0.428 e. The third kappa shape index (κ3) is 12.7. The van der Waals surface area contributed by atoms with Crippen molar-refractivity contribution in [1.29, 1.82) is 0 Å². The fourth-order valence-corrected chi connectivity index (χ4v) is 1.59. The molecule has 1 atom stereocenters. The van der Waals surface area contributed by atoms with E-state index in [4.69, 9.17) is 0 Å². The van der Waals surface area contributed by atoms with Crippen LogP contribution in [0.3, 0.4) is 0 Å². The van der Waals surface area contributed by atoms with Crippen LogP contribution in [0.4, 0.5) is 0 Å². The lowest BCUT2D eigenvalue weighted by Gasteiger charge is -2.12. The Kier molecular flexibility index (Phi) is 11.2. The molecule has 0 aromatic rings. The van der Waals surface area contributed by atoms with Gasteiger partial charge >= 0.3 is 31.7 Å². The predicted molar refractivity (Wildman–Crippen MR) is 85.5 cm³/mol. The lowest BCUT2D eigenvalue weighted by atomic mass is 10.2. The number of phosphoric ester groups is 1. The van der Waals surface area contributed by atoms with Gasteiger partial charge in [0.1, 0.15) is 0 Å². The summed E-state index contributed by atoms with van der Waals surface area (Å²) in [4.78, 5) is 53.9. The first-order valence-corrected chi connectivity index (χ1v) is 8.86. The second-order valence-electron chi connectivity index (χ2n) is 5.11. The summed E-state index contributed by atoms with van der Waals surface area (Å²) < 4.78 is 37.9. The highest BCUT2D eigenvalue weighted by atomic mass is 31.2. The highest BCUT2D eigenvalue weighted by Crippen LogP contribution is 2.42. The first-order chi connectivity index (χ1) is 12.4. The maximum Gasteiger partial charge on any atom is 0.473 e. The molecule has 0 bridgehead atoms. The number of esters is 4. The molecule has 0 aliphatic heterocycles. The number of ether oxygens (including phenoxy) is 4. The van der Waals surface area contributed by atoms with Crippen LogP contribution in [0, 0.1) is 5.92 Å². The molecule has 1 N–H and O–H groups in total. The van der Waals surface area contributed by atoms with Crippen molar-refractivity contribution in [2.75, 3.05) is 26.8 Å². The van der Waals surface area contributed by atoms with Crippen molar-refractivity contribution in [3.8, 4) is 0 Å². The van der Waals surface area contributed by atoms with Gasteiger partial charge in [-0.2, -0.15) is 0 Å². The van der Waals surface area contributed by atoms with Gasteiger partial charge < -0.3 is 23.8 Å². The fraction of sp³-hybridized carbons (Fsp3) is 0.571. The number of phosphoric acid groups is 1. The van der Waals surface area contributed by atoms with Crippen molar-refractivity contribution in [2.45, 2.75) is 20.8 Å². The van der Waals surface area contributed by atoms with Crippen LogP contribution < -0.4 is 0 Å². The van der Waals surface area contributed by atoms with Crippen LogP contribution in [0.5, 0.6) is 0 Å². The maximum absolute atomic E-state index is 11.5. The Bertz CT molecular complexity index is 611. The summed E-state index contributed by atoms with van der Waals surface area (Å²) in [7, 11) is -4.77. The Morgan fingerprint density at radius 2 is 1.37 bits per heavy atom. The van der Waals surface area contributed by atoms with Crippen molar-refractivity contribution in [3.63, 3.8) is 0 Å². The lowest BCUT2D eigenvalue weighted by molar-refractivity contribution is -0.171. The van der Waals surface area contributed by atoms with Gasteiger partial charge in [0.25, 0.3) is 0 Å². The average Bonchev–Trinajstić information content (AvgIpc) is 2.58. The van der Waals surface area contributed by atoms with Gasteiger partial charge in [0.15, 0.2) is 13.2 Å². The Labute approximate surface area is 154 Å². The number of hydrogen-bond acceptors (Lipinski definition) is 11. The van der Waals surface area contributed by atoms with Crippen molar-refractivity contribution in [3.05, 3.63) is 12.2 Å². The fourth-order valence-electron chi connectivity index (χ4n) is 0.981. The van der Waals surface area contributed by atoms with E-state index in [9.17, 15) is 28.6 Å². The molecule has 0 aliphatic rings. The molecule has 0 aromatic carbocycles. The van der Waals surface area contributed by atoms with Crippen LogP contribution in [0.25, 0.3) is 0 Å². The van der Waals surface area contributed by atoms with E-state index in [1.54, 1.807) is 13.8 Å². The van der Waals surface area contributed by atoms with Crippen LogP contribution in [0.15, 0.2) is 12.2 Å². The van der Waals surface area contributed by atoms with Gasteiger partial charge in [-0.15, -0.1) is 0 Å². The number of carbonyl (C=O) groups excluding carboxylic acids is 4. The van der Waals surface area contributed by atoms with Gasteiger partial charge in [0.05, 0.1) is 5.92 Å². The first-order valence-electron chi connectivity index (χ1n) is 7.37. The highest BCUT2D eigenvalue weighted by molar-refractivity contribution is 7.47. The zero-order valence-corrected chi connectivity index (χ0v) is 15.9. The summed E-state index contributed by atoms with van der Waals surface area (Å²) in [6.07, 6.45) is 0. The van der Waals surface area contributed by atoms with Gasteiger partial charge in [0.2, 0.25) is 13.6 Å². The molecule has 0 spiro atoms. The van der Waals surface area contributed by atoms with Crippen LogP contribution in [0.2, 0.25) is 0 Å². The third-order valence-corrected chi connectivity index (χ3v) is 3.25. The molecule has 0 fully saturated rings. The van der Waals surface area contributed by atoms with Gasteiger partial charge in [-0.25, -0.2) is 18.9 Å². The van der Waals surface area contributed by atoms with Crippen LogP contribution in [0.1, 0.15) is 20.8 Å². The Morgan fingerprint density at radius 1 is 0.926 bits per heavy atom. The number of hydrogen-bond donors (Lipinski definition) is 1. The summed E-state index contributed by atoms with van der Waals surface area (Å²) in [5, 5.41) is 0. The molecule has 0 radical (unpaired) electrons. The first kappa shape index (κ1) is 24.7. The van der Waals surface area contributed by atoms with E-state index in [1.165, 1.54) is 6.92 Å². The standard InChI is InChI=1S/C14H21O12P/c1-9(2)13(17)23-7-21-11(15)5-25-27(19,20)26-6-12(16)22-8-24-14(18)10(3)4/h10H,1,5-8H2,2-4H3,(H,19,20). The third-order valence-electron chi connectivity index (χ3n) is 2.34. The quantitative estimate of drug-likeness (QED) is 0.204. The summed E-state index contributed by atoms with van der Waals surface area (Å²) in [6, 6.07) is 0. The topological polar surface area (TPSA) is 161 Å². The van der Waals surface area contributed by atoms with E-state index in [2.05, 4.69) is 34.6 Å². The van der Waals surface area contributed by atoms with Gasteiger partial charge in [-0.05, 0) is 6.92 Å². The second kappa shape index (κ2) is 12.2. The molecule has 0 saturated carbocycles. The van der Waals surface area contributed by atoms with E-state index in [0.29, 0.717) is 0 Å². The summed E-state index contributed by atoms with van der Waals surface area (Å²) >= 11 is 0. The molecular weight excluding hydrogens is 391 g/mol. The Morgan fingerprint density at radius 3 is 1.78 bits per heavy atom. The summed E-state index contributed by atoms with van der Waals surface area (Å²) in [6.45, 7) is 4.38. The molecule has 27 heavy (non-hydrogen) atoms. The van der Waals surface area contributed by atoms with E-state index in [1.807, 2.05) is 0 Å². The van der Waals surface area contributed by atoms with Crippen LogP contribution in [-0.2, 0) is 51.7 Å². The van der Waals surface area contributed by atoms with E-state index in [-0.39, 0.29) is 5.57 Å². The molecule has 1 unspecified atom stereocenters. The Hall–Kier alpha value is -2.27. The van der Waals surface area contributed by atoms with Gasteiger partial charge in [0, 0.05) is 5.57 Å². The van der Waals surface area contributed by atoms with Crippen molar-refractivity contribution < 1.29 is 56.6 Å². The van der Waals surface area contributed by atoms with E-state index >= 15 is 0 Å². The minimum atomic E-state index is -4.77. The predicted octanol–water partition coefficient (Wildman–Crippen LogP) is 0.440. The number of rotatable bonds is 12. The summed E-state index contributed by atoms with van der Waals surface area (Å²) in [5.41, 5.74) is 0.0846. The molecule has 12 nitrogen and oxygen atoms in total. The monoisotopic (exact) mass is 412 g/mol. The van der Waals surface area contributed by atoms with Crippen molar-refractivity contribution >= 4 is 31.7 Å². The normalized spacial score (nSPS) is 12.6. The highest BCUT2D eigenvalue weighted by Gasteiger charge is 2.25. The molecule has 154 valence electrons. The molecule has 0 amide bonds. The van der Waals surface area contributed by atoms with E-state index < -0.39 is 64.4 Å². The van der Waals surface area contributed by atoms with Crippen LogP contribution in [-0.4, -0.2) is 55.6 Å². The van der Waals surface area contributed by atoms with Crippen LogP contribution >= 0.6 is 7.82 Å². The maximum atomic E-state index is 11.5. The molecule has 13 heteroatoms. The molecule has 0 aliphatic carbocycles. The zero-order valence-electron chi connectivity index (χ0n) is 15.0. The molecule has 0 aromatic heterocycles. The molecule has 0 heterocycles. The minimum Gasteiger partial charge on any atom is -0.428 e. The number of carbonyl (C=O) groups is 4. The molecule has 0 saturated heterocycles. The summed E-state index contributed by atoms with van der Waals surface area (Å²) in [5.74, 6) is -4.07. The van der Waals surface area contributed by atoms with Gasteiger partial charge in [-0.1, -0.05) is 20.4 Å². The van der Waals surface area contributed by atoms with Crippen molar-refractivity contribution in [2.24, 2.45) is 5.92 Å². The lowest BCUT2D eigenvalue weighted by Crippen LogP contribution is -2.19.